The van der Waals surface area contributed by atoms with Gasteiger partial charge in [-0.15, -0.1) is 12.4 Å². The van der Waals surface area contributed by atoms with Crippen LogP contribution in [0.2, 0.25) is 0 Å². The highest BCUT2D eigenvalue weighted by Gasteiger charge is 2.21. The van der Waals surface area contributed by atoms with Gasteiger partial charge >= 0.3 is 0 Å². The highest BCUT2D eigenvalue weighted by Crippen LogP contribution is 2.21. The molecular formula is C17H12ClFN4O. The average molecular weight is 343 g/mol. The van der Waals surface area contributed by atoms with E-state index in [9.17, 15) is 9.18 Å². The van der Waals surface area contributed by atoms with Crippen LogP contribution in [0.15, 0.2) is 59.5 Å². The fraction of sp³-hybridized carbons (Fsp3) is 0. The van der Waals surface area contributed by atoms with Gasteiger partial charge in [-0.3, -0.25) is 4.79 Å². The number of nitrogens with one attached hydrogen (secondary N) is 2. The number of halogens is 2. The van der Waals surface area contributed by atoms with E-state index in [-0.39, 0.29) is 24.1 Å². The van der Waals surface area contributed by atoms with Crippen molar-refractivity contribution in [3.8, 4) is 0 Å². The second-order valence-corrected chi connectivity index (χ2v) is 5.09. The van der Waals surface area contributed by atoms with Gasteiger partial charge in [0, 0.05) is 28.9 Å². The van der Waals surface area contributed by atoms with Gasteiger partial charge in [-0.05, 0) is 42.5 Å². The third kappa shape index (κ3) is 2.79. The predicted molar refractivity (Wildman–Crippen MR) is 92.4 cm³/mol. The minimum Gasteiger partial charge on any atom is -0.346 e. The standard InChI is InChI=1S/C17H11FN4O.ClH/c18-12-5-3-10(4-6-12)15-21-14(17(23)22-15)8-11-9-20-16-13(11)2-1-7-19-16;/h1-9H,(H,19,20)(H,21,22,23);1H/b14-8-;. The number of carbonyl (C=O) groups is 1. The van der Waals surface area contributed by atoms with Gasteiger partial charge < -0.3 is 10.3 Å². The zero-order chi connectivity index (χ0) is 15.8. The predicted octanol–water partition coefficient (Wildman–Crippen LogP) is 3.04. The lowest BCUT2D eigenvalue weighted by atomic mass is 10.2. The van der Waals surface area contributed by atoms with E-state index < -0.39 is 0 Å². The lowest BCUT2D eigenvalue weighted by Gasteiger charge is -1.99. The lowest BCUT2D eigenvalue weighted by Crippen LogP contribution is -2.24. The summed E-state index contributed by atoms with van der Waals surface area (Å²) >= 11 is 0. The second-order valence-electron chi connectivity index (χ2n) is 5.09. The largest absolute Gasteiger partial charge is 0.346 e. The number of carbonyl (C=O) groups excluding carboxylic acids is 1. The maximum atomic E-state index is 13.0. The Labute approximate surface area is 142 Å². The third-order valence-corrected chi connectivity index (χ3v) is 3.59. The number of H-pyrrole nitrogens is 1. The van der Waals surface area contributed by atoms with Gasteiger partial charge in [0.1, 0.15) is 23.0 Å². The summed E-state index contributed by atoms with van der Waals surface area (Å²) in [5.41, 5.74) is 2.54. The molecule has 5 nitrogen and oxygen atoms in total. The van der Waals surface area contributed by atoms with Crippen molar-refractivity contribution >= 4 is 41.3 Å². The number of amidine groups is 1. The summed E-state index contributed by atoms with van der Waals surface area (Å²) in [5, 5.41) is 3.61. The number of nitrogens with zero attached hydrogens (tertiary/aromatic N) is 2. The number of benzene rings is 1. The van der Waals surface area contributed by atoms with Gasteiger partial charge in [-0.25, -0.2) is 14.4 Å². The van der Waals surface area contributed by atoms with Crippen LogP contribution < -0.4 is 5.32 Å². The number of aromatic amines is 1. The molecule has 0 radical (unpaired) electrons. The van der Waals surface area contributed by atoms with Gasteiger partial charge in [0.2, 0.25) is 0 Å². The van der Waals surface area contributed by atoms with E-state index >= 15 is 0 Å². The maximum absolute atomic E-state index is 13.0. The molecule has 0 aliphatic carbocycles. The van der Waals surface area contributed by atoms with Crippen LogP contribution >= 0.6 is 12.4 Å². The van der Waals surface area contributed by atoms with E-state index in [0.29, 0.717) is 17.1 Å². The molecule has 1 aliphatic rings. The van der Waals surface area contributed by atoms with Crippen LogP contribution in [0.1, 0.15) is 11.1 Å². The highest BCUT2D eigenvalue weighted by atomic mass is 35.5. The molecular weight excluding hydrogens is 331 g/mol. The Morgan fingerprint density at radius 3 is 2.71 bits per heavy atom. The van der Waals surface area contributed by atoms with Crippen LogP contribution in [0.3, 0.4) is 0 Å². The van der Waals surface area contributed by atoms with Crippen molar-refractivity contribution in [3.05, 3.63) is 71.4 Å². The van der Waals surface area contributed by atoms with Gasteiger partial charge in [0.05, 0.1) is 0 Å². The summed E-state index contributed by atoms with van der Waals surface area (Å²) in [6.45, 7) is 0. The maximum Gasteiger partial charge on any atom is 0.275 e. The van der Waals surface area contributed by atoms with Crippen molar-refractivity contribution in [1.82, 2.24) is 15.3 Å². The van der Waals surface area contributed by atoms with Crippen LogP contribution in [0, 0.1) is 5.82 Å². The van der Waals surface area contributed by atoms with Gasteiger partial charge in [0.25, 0.3) is 5.91 Å². The number of rotatable bonds is 2. The number of hydrogen-bond acceptors (Lipinski definition) is 3. The van der Waals surface area contributed by atoms with E-state index in [1.165, 1.54) is 12.1 Å². The normalized spacial score (nSPS) is 15.3. The van der Waals surface area contributed by atoms with Crippen LogP contribution in [0.5, 0.6) is 0 Å². The topological polar surface area (TPSA) is 70.1 Å². The molecule has 1 aliphatic heterocycles. The van der Waals surface area contributed by atoms with Gasteiger partial charge in [-0.1, -0.05) is 0 Å². The van der Waals surface area contributed by atoms with Crippen molar-refractivity contribution in [2.75, 3.05) is 0 Å². The molecule has 0 unspecified atom stereocenters. The van der Waals surface area contributed by atoms with Gasteiger partial charge in [0.15, 0.2) is 0 Å². The number of hydrogen-bond donors (Lipinski definition) is 2. The fourth-order valence-corrected chi connectivity index (χ4v) is 2.46. The molecule has 2 aromatic heterocycles. The molecule has 3 aromatic rings. The molecule has 0 spiro atoms. The molecule has 7 heteroatoms. The number of amides is 1. The first-order chi connectivity index (χ1) is 11.2. The number of aliphatic imine (C=N–C) groups is 1. The highest BCUT2D eigenvalue weighted by molar-refractivity contribution is 6.20. The van der Waals surface area contributed by atoms with Crippen molar-refractivity contribution in [2.45, 2.75) is 0 Å². The van der Waals surface area contributed by atoms with E-state index in [1.54, 1.807) is 30.6 Å². The molecule has 0 fully saturated rings. The first-order valence-electron chi connectivity index (χ1n) is 7.00. The quantitative estimate of drug-likeness (QED) is 0.703. The first-order valence-corrected chi connectivity index (χ1v) is 7.00. The Hall–Kier alpha value is -2.99. The van der Waals surface area contributed by atoms with Crippen molar-refractivity contribution in [3.63, 3.8) is 0 Å². The molecule has 4 rings (SSSR count). The molecule has 3 heterocycles. The summed E-state index contributed by atoms with van der Waals surface area (Å²) in [6, 6.07) is 9.57. The minimum atomic E-state index is -0.333. The molecule has 120 valence electrons. The zero-order valence-electron chi connectivity index (χ0n) is 12.3. The van der Waals surface area contributed by atoms with Crippen LogP contribution in [-0.2, 0) is 4.79 Å². The number of pyridine rings is 1. The Balaban J connectivity index is 0.00000169. The number of aromatic nitrogens is 2. The average Bonchev–Trinajstić information content (AvgIpc) is 3.13. The summed E-state index contributed by atoms with van der Waals surface area (Å²) in [5.74, 6) is -0.206. The molecule has 0 atom stereocenters. The Morgan fingerprint density at radius 1 is 1.12 bits per heavy atom. The van der Waals surface area contributed by atoms with Crippen molar-refractivity contribution < 1.29 is 9.18 Å². The van der Waals surface area contributed by atoms with E-state index in [1.807, 2.05) is 12.1 Å². The molecule has 1 amide bonds. The third-order valence-electron chi connectivity index (χ3n) is 3.59. The van der Waals surface area contributed by atoms with E-state index in [2.05, 4.69) is 20.3 Å². The second kappa shape index (κ2) is 6.25. The molecule has 0 saturated heterocycles. The SMILES string of the molecule is Cl.O=C1NC(c2ccc(F)cc2)=N/C1=C\c1c[nH]c2ncccc12. The molecule has 1 aromatic carbocycles. The smallest absolute Gasteiger partial charge is 0.275 e. The van der Waals surface area contributed by atoms with Crippen LogP contribution in [-0.4, -0.2) is 21.7 Å². The molecule has 2 N–H and O–H groups in total. The van der Waals surface area contributed by atoms with E-state index in [4.69, 9.17) is 0 Å². The summed E-state index contributed by atoms with van der Waals surface area (Å²) < 4.78 is 13.0. The Kier molecular flexibility index (Phi) is 4.14. The monoisotopic (exact) mass is 342 g/mol. The molecule has 0 saturated carbocycles. The van der Waals surface area contributed by atoms with Crippen molar-refractivity contribution in [1.29, 1.82) is 0 Å². The van der Waals surface area contributed by atoms with Crippen molar-refractivity contribution in [2.24, 2.45) is 4.99 Å². The first kappa shape index (κ1) is 15.9. The summed E-state index contributed by atoms with van der Waals surface area (Å²) in [4.78, 5) is 23.7. The fourth-order valence-electron chi connectivity index (χ4n) is 2.46. The Bertz CT molecular complexity index is 976. The zero-order valence-corrected chi connectivity index (χ0v) is 13.1. The molecule has 0 bridgehead atoms. The van der Waals surface area contributed by atoms with Crippen LogP contribution in [0.4, 0.5) is 4.39 Å². The lowest BCUT2D eigenvalue weighted by molar-refractivity contribution is -0.115. The number of fused-ring (bicyclic) bond motifs is 1. The van der Waals surface area contributed by atoms with Gasteiger partial charge in [-0.2, -0.15) is 0 Å². The van der Waals surface area contributed by atoms with E-state index in [0.717, 1.165) is 16.6 Å². The summed E-state index contributed by atoms with van der Waals surface area (Å²) in [6.07, 6.45) is 5.18. The van der Waals surface area contributed by atoms with Crippen LogP contribution in [0.25, 0.3) is 17.1 Å². The summed E-state index contributed by atoms with van der Waals surface area (Å²) in [7, 11) is 0. The minimum absolute atomic E-state index is 0. The Morgan fingerprint density at radius 2 is 1.92 bits per heavy atom. The molecule has 24 heavy (non-hydrogen) atoms.